The number of thioether (sulfide) groups is 1. The number of halogens is 1. The average Bonchev–Trinajstić information content (AvgIpc) is 2.84. The number of nitrogen functional groups attached to an aromatic ring is 1. The van der Waals surface area contributed by atoms with Crippen molar-refractivity contribution in [1.29, 1.82) is 0 Å². The molecule has 0 fully saturated rings. The molecular weight excluding hydrogens is 311 g/mol. The number of nitrogens with zero attached hydrogens (tertiary/aromatic N) is 2. The van der Waals surface area contributed by atoms with Crippen LogP contribution in [0.5, 0.6) is 0 Å². The molecule has 0 aliphatic rings. The Morgan fingerprint density at radius 2 is 2.00 bits per heavy atom. The molecular formula is C13H15FN4OS2. The lowest BCUT2D eigenvalue weighted by Gasteiger charge is -2.17. The van der Waals surface area contributed by atoms with Crippen molar-refractivity contribution in [2.45, 2.75) is 29.5 Å². The maximum Gasteiger partial charge on any atom is 0.233 e. The zero-order chi connectivity index (χ0) is 15.4. The van der Waals surface area contributed by atoms with Gasteiger partial charge in [-0.05, 0) is 31.5 Å². The van der Waals surface area contributed by atoms with Gasteiger partial charge < -0.3 is 11.1 Å². The Kier molecular flexibility index (Phi) is 5.13. The van der Waals surface area contributed by atoms with Crippen LogP contribution in [0.2, 0.25) is 0 Å². The molecule has 1 aromatic carbocycles. The highest BCUT2D eigenvalue weighted by Gasteiger charge is 2.19. The molecule has 2 rings (SSSR count). The smallest absolute Gasteiger partial charge is 0.233 e. The second-order valence-corrected chi connectivity index (χ2v) is 7.05. The van der Waals surface area contributed by atoms with Crippen molar-refractivity contribution >= 4 is 34.1 Å². The summed E-state index contributed by atoms with van der Waals surface area (Å²) in [6, 6.07) is 5.87. The van der Waals surface area contributed by atoms with E-state index in [9.17, 15) is 9.18 Å². The van der Waals surface area contributed by atoms with Crippen LogP contribution >= 0.6 is 23.1 Å². The topological polar surface area (TPSA) is 80.9 Å². The number of carbonyl (C=O) groups excluding carboxylic acids is 1. The summed E-state index contributed by atoms with van der Waals surface area (Å²) in [4.78, 5) is 12.1. The van der Waals surface area contributed by atoms with Crippen molar-refractivity contribution < 1.29 is 9.18 Å². The number of anilines is 1. The minimum atomic E-state index is -0.319. The number of carbonyl (C=O) groups is 1. The predicted octanol–water partition coefficient (Wildman–Crippen LogP) is 2.62. The quantitative estimate of drug-likeness (QED) is 0.826. The van der Waals surface area contributed by atoms with Crippen LogP contribution < -0.4 is 11.1 Å². The van der Waals surface area contributed by atoms with Crippen LogP contribution in [0.4, 0.5) is 9.52 Å². The van der Waals surface area contributed by atoms with Crippen LogP contribution in [0, 0.1) is 5.82 Å². The van der Waals surface area contributed by atoms with Gasteiger partial charge in [-0.25, -0.2) is 4.39 Å². The summed E-state index contributed by atoms with van der Waals surface area (Å²) in [7, 11) is 0. The molecule has 0 aliphatic carbocycles. The van der Waals surface area contributed by atoms with Crippen molar-refractivity contribution in [2.24, 2.45) is 0 Å². The van der Waals surface area contributed by atoms with Gasteiger partial charge in [-0.15, -0.1) is 10.2 Å². The van der Waals surface area contributed by atoms with Gasteiger partial charge in [-0.1, -0.05) is 35.2 Å². The SMILES string of the molecule is C[C@H](NC(=O)[C@@H](C)Sc1nnc(N)s1)c1ccc(F)cc1. The fraction of sp³-hybridized carbons (Fsp3) is 0.308. The summed E-state index contributed by atoms with van der Waals surface area (Å²) in [6.07, 6.45) is 0. The van der Waals surface area contributed by atoms with Gasteiger partial charge in [0.2, 0.25) is 11.0 Å². The first-order valence-corrected chi connectivity index (χ1v) is 7.97. The molecule has 1 amide bonds. The van der Waals surface area contributed by atoms with Gasteiger partial charge in [-0.3, -0.25) is 4.79 Å². The molecule has 1 heterocycles. The zero-order valence-corrected chi connectivity index (χ0v) is 13.2. The Labute approximate surface area is 130 Å². The zero-order valence-electron chi connectivity index (χ0n) is 11.5. The normalized spacial score (nSPS) is 13.7. The number of nitrogens with two attached hydrogens (primary N) is 1. The third-order valence-corrected chi connectivity index (χ3v) is 4.73. The molecule has 21 heavy (non-hydrogen) atoms. The van der Waals surface area contributed by atoms with Crippen molar-refractivity contribution in [3.63, 3.8) is 0 Å². The third kappa shape index (κ3) is 4.40. The predicted molar refractivity (Wildman–Crippen MR) is 82.6 cm³/mol. The number of nitrogens with one attached hydrogen (secondary N) is 1. The third-order valence-electron chi connectivity index (χ3n) is 2.80. The van der Waals surface area contributed by atoms with Crippen molar-refractivity contribution in [3.8, 4) is 0 Å². The first kappa shape index (κ1) is 15.7. The van der Waals surface area contributed by atoms with E-state index in [2.05, 4.69) is 15.5 Å². The number of hydrogen-bond donors (Lipinski definition) is 2. The van der Waals surface area contributed by atoms with E-state index < -0.39 is 0 Å². The molecule has 3 N–H and O–H groups in total. The van der Waals surface area contributed by atoms with E-state index in [0.29, 0.717) is 9.47 Å². The Hall–Kier alpha value is -1.67. The van der Waals surface area contributed by atoms with Gasteiger partial charge in [0.1, 0.15) is 5.82 Å². The summed E-state index contributed by atoms with van der Waals surface area (Å²) in [5, 5.41) is 10.5. The monoisotopic (exact) mass is 326 g/mol. The molecule has 1 aromatic heterocycles. The Morgan fingerprint density at radius 1 is 1.33 bits per heavy atom. The van der Waals surface area contributed by atoms with Crippen LogP contribution in [0.15, 0.2) is 28.6 Å². The largest absolute Gasteiger partial charge is 0.374 e. The van der Waals surface area contributed by atoms with E-state index >= 15 is 0 Å². The molecule has 5 nitrogen and oxygen atoms in total. The summed E-state index contributed by atoms with van der Waals surface area (Å²) in [5.74, 6) is -0.416. The molecule has 0 saturated heterocycles. The summed E-state index contributed by atoms with van der Waals surface area (Å²) in [5.41, 5.74) is 6.35. The molecule has 0 saturated carbocycles. The van der Waals surface area contributed by atoms with E-state index in [4.69, 9.17) is 5.73 Å². The molecule has 0 bridgehead atoms. The van der Waals surface area contributed by atoms with E-state index in [-0.39, 0.29) is 23.0 Å². The first-order valence-electron chi connectivity index (χ1n) is 6.27. The van der Waals surface area contributed by atoms with Crippen molar-refractivity contribution in [3.05, 3.63) is 35.6 Å². The maximum absolute atomic E-state index is 12.9. The number of rotatable bonds is 5. The fourth-order valence-corrected chi connectivity index (χ4v) is 3.43. The highest BCUT2D eigenvalue weighted by atomic mass is 32.2. The second kappa shape index (κ2) is 6.86. The minimum Gasteiger partial charge on any atom is -0.374 e. The van der Waals surface area contributed by atoms with Gasteiger partial charge in [-0.2, -0.15) is 0 Å². The summed E-state index contributed by atoms with van der Waals surface area (Å²) < 4.78 is 13.5. The van der Waals surface area contributed by atoms with E-state index in [1.807, 2.05) is 6.92 Å². The molecule has 2 aromatic rings. The highest BCUT2D eigenvalue weighted by Crippen LogP contribution is 2.27. The van der Waals surface area contributed by atoms with E-state index in [1.54, 1.807) is 19.1 Å². The Balaban J connectivity index is 1.92. The van der Waals surface area contributed by atoms with Crippen molar-refractivity contribution in [1.82, 2.24) is 15.5 Å². The molecule has 112 valence electrons. The second-order valence-electron chi connectivity index (χ2n) is 4.45. The van der Waals surface area contributed by atoms with Gasteiger partial charge in [0.05, 0.1) is 11.3 Å². The number of aromatic nitrogens is 2. The summed E-state index contributed by atoms with van der Waals surface area (Å²) >= 11 is 2.55. The van der Waals surface area contributed by atoms with Crippen molar-refractivity contribution in [2.75, 3.05) is 5.73 Å². The highest BCUT2D eigenvalue weighted by molar-refractivity contribution is 8.02. The maximum atomic E-state index is 12.9. The Morgan fingerprint density at radius 3 is 2.57 bits per heavy atom. The van der Waals surface area contributed by atoms with Gasteiger partial charge in [0.15, 0.2) is 4.34 Å². The average molecular weight is 326 g/mol. The molecule has 2 atom stereocenters. The molecule has 0 radical (unpaired) electrons. The Bertz CT molecular complexity index is 617. The van der Waals surface area contributed by atoms with Crippen LogP contribution in [0.1, 0.15) is 25.5 Å². The van der Waals surface area contributed by atoms with Gasteiger partial charge in [0.25, 0.3) is 0 Å². The van der Waals surface area contributed by atoms with E-state index in [1.165, 1.54) is 35.2 Å². The standard InChI is InChI=1S/C13H15FN4OS2/c1-7(9-3-5-10(14)6-4-9)16-11(19)8(2)20-13-18-17-12(15)21-13/h3-8H,1-2H3,(H2,15,17)(H,16,19)/t7-,8+/m0/s1. The lowest BCUT2D eigenvalue weighted by atomic mass is 10.1. The number of amides is 1. The molecule has 0 unspecified atom stereocenters. The fourth-order valence-electron chi connectivity index (χ4n) is 1.64. The minimum absolute atomic E-state index is 0.120. The van der Waals surface area contributed by atoms with Gasteiger partial charge >= 0.3 is 0 Å². The molecule has 0 aliphatic heterocycles. The van der Waals surface area contributed by atoms with E-state index in [0.717, 1.165) is 5.56 Å². The lowest BCUT2D eigenvalue weighted by molar-refractivity contribution is -0.120. The summed E-state index contributed by atoms with van der Waals surface area (Å²) in [6.45, 7) is 3.64. The van der Waals surface area contributed by atoms with Crippen LogP contribution in [0.3, 0.4) is 0 Å². The van der Waals surface area contributed by atoms with Gasteiger partial charge in [0, 0.05) is 0 Å². The van der Waals surface area contributed by atoms with Crippen LogP contribution in [-0.4, -0.2) is 21.4 Å². The molecule has 0 spiro atoms. The molecule has 8 heteroatoms. The number of hydrogen-bond acceptors (Lipinski definition) is 6. The first-order chi connectivity index (χ1) is 9.95. The number of benzene rings is 1. The lowest BCUT2D eigenvalue weighted by Crippen LogP contribution is -2.33. The van der Waals surface area contributed by atoms with Crippen LogP contribution in [0.25, 0.3) is 0 Å². The van der Waals surface area contributed by atoms with Crippen LogP contribution in [-0.2, 0) is 4.79 Å².